The van der Waals surface area contributed by atoms with Crippen LogP contribution >= 0.6 is 0 Å². The fourth-order valence-electron chi connectivity index (χ4n) is 2.76. The van der Waals surface area contributed by atoms with Crippen LogP contribution in [0.15, 0.2) is 18.5 Å². The minimum absolute atomic E-state index is 0.111. The first kappa shape index (κ1) is 17.2. The van der Waals surface area contributed by atoms with Gasteiger partial charge >= 0.3 is 6.18 Å². The highest BCUT2D eigenvalue weighted by Crippen LogP contribution is 2.33. The largest absolute Gasteiger partial charge is 0.417 e. The van der Waals surface area contributed by atoms with Crippen LogP contribution in [0.4, 0.5) is 13.2 Å². The monoisotopic (exact) mass is 331 g/mol. The molecular formula is C14H16F3N3O3. The molecule has 0 aromatic carbocycles. The van der Waals surface area contributed by atoms with Crippen molar-refractivity contribution in [3.05, 3.63) is 29.6 Å². The number of nitrogens with two attached hydrogens (primary N) is 1. The van der Waals surface area contributed by atoms with Crippen molar-refractivity contribution in [3.8, 4) is 0 Å². The van der Waals surface area contributed by atoms with Gasteiger partial charge in [-0.3, -0.25) is 14.6 Å². The maximum atomic E-state index is 12.8. The van der Waals surface area contributed by atoms with E-state index >= 15 is 0 Å². The van der Waals surface area contributed by atoms with Gasteiger partial charge in [-0.05, 0) is 18.9 Å². The van der Waals surface area contributed by atoms with Gasteiger partial charge < -0.3 is 15.4 Å². The molecule has 0 saturated carbocycles. The van der Waals surface area contributed by atoms with Crippen LogP contribution in [0.1, 0.15) is 28.8 Å². The highest BCUT2D eigenvalue weighted by molar-refractivity contribution is 5.99. The van der Waals surface area contributed by atoms with Crippen molar-refractivity contribution < 1.29 is 27.5 Å². The zero-order valence-electron chi connectivity index (χ0n) is 12.4. The van der Waals surface area contributed by atoms with E-state index in [9.17, 15) is 22.8 Å². The van der Waals surface area contributed by atoms with Crippen LogP contribution in [0.25, 0.3) is 0 Å². The van der Waals surface area contributed by atoms with Gasteiger partial charge in [-0.15, -0.1) is 0 Å². The van der Waals surface area contributed by atoms with E-state index in [0.29, 0.717) is 25.1 Å². The first-order chi connectivity index (χ1) is 10.7. The standard InChI is InChI=1S/C14H16F3N3O3/c1-23-8-13(12(18)22)3-2-4-20(13)11(21)9-5-10(7-19-6-9)14(15,16)17/h5-7H,2-4,8H2,1H3,(H2,18,22). The minimum Gasteiger partial charge on any atom is -0.382 e. The summed E-state index contributed by atoms with van der Waals surface area (Å²) in [5, 5.41) is 0. The lowest BCUT2D eigenvalue weighted by atomic mass is 9.95. The number of ether oxygens (including phenoxy) is 1. The van der Waals surface area contributed by atoms with Gasteiger partial charge in [-0.1, -0.05) is 0 Å². The Labute approximate surface area is 130 Å². The van der Waals surface area contributed by atoms with E-state index < -0.39 is 29.1 Å². The van der Waals surface area contributed by atoms with Crippen LogP contribution in [0.5, 0.6) is 0 Å². The van der Waals surface area contributed by atoms with Gasteiger partial charge in [-0.2, -0.15) is 13.2 Å². The molecule has 2 rings (SSSR count). The van der Waals surface area contributed by atoms with Crippen molar-refractivity contribution >= 4 is 11.8 Å². The number of likely N-dealkylation sites (tertiary alicyclic amines) is 1. The lowest BCUT2D eigenvalue weighted by molar-refractivity contribution is -0.138. The van der Waals surface area contributed by atoms with Crippen LogP contribution in [-0.2, 0) is 15.7 Å². The number of aromatic nitrogens is 1. The molecule has 1 unspecified atom stereocenters. The van der Waals surface area contributed by atoms with E-state index in [-0.39, 0.29) is 18.7 Å². The van der Waals surface area contributed by atoms with Crippen molar-refractivity contribution in [2.24, 2.45) is 5.73 Å². The first-order valence-corrected chi connectivity index (χ1v) is 6.85. The number of alkyl halides is 3. The molecule has 1 aliphatic rings. The van der Waals surface area contributed by atoms with Gasteiger partial charge in [0, 0.05) is 26.0 Å². The molecule has 0 bridgehead atoms. The summed E-state index contributed by atoms with van der Waals surface area (Å²) < 4.78 is 43.2. The molecule has 2 heterocycles. The third kappa shape index (κ3) is 3.14. The lowest BCUT2D eigenvalue weighted by Crippen LogP contribution is -2.58. The summed E-state index contributed by atoms with van der Waals surface area (Å²) in [6.45, 7) is 0.0990. The number of rotatable bonds is 4. The Morgan fingerprint density at radius 2 is 2.13 bits per heavy atom. The Hall–Kier alpha value is -2.16. The summed E-state index contributed by atoms with van der Waals surface area (Å²) in [6.07, 6.45) is -2.13. The minimum atomic E-state index is -4.61. The molecule has 0 spiro atoms. The second-order valence-corrected chi connectivity index (χ2v) is 5.35. The summed E-state index contributed by atoms with van der Waals surface area (Å²) in [7, 11) is 1.36. The number of primary amides is 1. The summed E-state index contributed by atoms with van der Waals surface area (Å²) in [5.74, 6) is -1.47. The van der Waals surface area contributed by atoms with E-state index in [1.165, 1.54) is 12.0 Å². The highest BCUT2D eigenvalue weighted by atomic mass is 19.4. The highest BCUT2D eigenvalue weighted by Gasteiger charge is 2.49. The van der Waals surface area contributed by atoms with Crippen LogP contribution in [0.3, 0.4) is 0 Å². The number of hydrogen-bond acceptors (Lipinski definition) is 4. The Morgan fingerprint density at radius 3 is 2.70 bits per heavy atom. The Morgan fingerprint density at radius 1 is 1.43 bits per heavy atom. The molecule has 2 N–H and O–H groups in total. The predicted molar refractivity (Wildman–Crippen MR) is 73.3 cm³/mol. The summed E-state index contributed by atoms with van der Waals surface area (Å²) in [6, 6.07) is 0.714. The van der Waals surface area contributed by atoms with E-state index in [4.69, 9.17) is 10.5 Å². The molecule has 6 nitrogen and oxygen atoms in total. The second-order valence-electron chi connectivity index (χ2n) is 5.35. The molecule has 1 aromatic rings. The van der Waals surface area contributed by atoms with Crippen molar-refractivity contribution in [1.82, 2.24) is 9.88 Å². The maximum Gasteiger partial charge on any atom is 0.417 e. The quantitative estimate of drug-likeness (QED) is 0.898. The van der Waals surface area contributed by atoms with E-state index in [1.54, 1.807) is 0 Å². The SMILES string of the molecule is COCC1(C(N)=O)CCCN1C(=O)c1cncc(C(F)(F)F)c1. The van der Waals surface area contributed by atoms with Crippen molar-refractivity contribution in [2.45, 2.75) is 24.6 Å². The molecule has 0 radical (unpaired) electrons. The zero-order chi connectivity index (χ0) is 17.3. The Balaban J connectivity index is 2.38. The lowest BCUT2D eigenvalue weighted by Gasteiger charge is -2.35. The van der Waals surface area contributed by atoms with Crippen molar-refractivity contribution in [1.29, 1.82) is 0 Å². The molecule has 0 aliphatic carbocycles. The van der Waals surface area contributed by atoms with Crippen LogP contribution in [-0.4, -0.2) is 47.5 Å². The van der Waals surface area contributed by atoms with E-state index in [0.717, 1.165) is 6.20 Å². The molecule has 1 atom stereocenters. The van der Waals surface area contributed by atoms with Gasteiger partial charge in [-0.25, -0.2) is 0 Å². The fourth-order valence-corrected chi connectivity index (χ4v) is 2.76. The summed E-state index contributed by atoms with van der Waals surface area (Å²) in [5.41, 5.74) is 2.79. The van der Waals surface area contributed by atoms with Crippen LogP contribution in [0, 0.1) is 0 Å². The molecule has 1 fully saturated rings. The Kier molecular flexibility index (Phi) is 4.60. The van der Waals surface area contributed by atoms with Gasteiger partial charge in [0.25, 0.3) is 5.91 Å². The molecule has 1 aromatic heterocycles. The predicted octanol–water partition coefficient (Wildman–Crippen LogP) is 1.21. The second kappa shape index (κ2) is 6.15. The smallest absolute Gasteiger partial charge is 0.382 e. The summed E-state index contributed by atoms with van der Waals surface area (Å²) in [4.78, 5) is 29.1. The molecule has 126 valence electrons. The molecule has 23 heavy (non-hydrogen) atoms. The average molecular weight is 331 g/mol. The third-order valence-corrected chi connectivity index (χ3v) is 3.89. The van der Waals surface area contributed by atoms with Gasteiger partial charge in [0.05, 0.1) is 17.7 Å². The maximum absolute atomic E-state index is 12.8. The molecule has 1 aliphatic heterocycles. The first-order valence-electron chi connectivity index (χ1n) is 6.85. The number of hydrogen-bond donors (Lipinski definition) is 1. The van der Waals surface area contributed by atoms with Crippen LogP contribution < -0.4 is 5.73 Å². The molecular weight excluding hydrogens is 315 g/mol. The number of halogens is 3. The van der Waals surface area contributed by atoms with Crippen molar-refractivity contribution in [2.75, 3.05) is 20.3 Å². The number of methoxy groups -OCH3 is 1. The number of carbonyl (C=O) groups is 2. The van der Waals surface area contributed by atoms with Gasteiger partial charge in [0.2, 0.25) is 5.91 Å². The van der Waals surface area contributed by atoms with Gasteiger partial charge in [0.1, 0.15) is 5.54 Å². The van der Waals surface area contributed by atoms with E-state index in [2.05, 4.69) is 4.98 Å². The number of nitrogens with zero attached hydrogens (tertiary/aromatic N) is 2. The molecule has 2 amide bonds. The number of pyridine rings is 1. The number of carbonyl (C=O) groups excluding carboxylic acids is 2. The molecule has 1 saturated heterocycles. The topological polar surface area (TPSA) is 85.5 Å². The Bertz CT molecular complexity index is 621. The average Bonchev–Trinajstić information content (AvgIpc) is 2.91. The normalized spacial score (nSPS) is 21.5. The van der Waals surface area contributed by atoms with Gasteiger partial charge in [0.15, 0.2) is 0 Å². The van der Waals surface area contributed by atoms with E-state index in [1.807, 2.05) is 0 Å². The zero-order valence-corrected chi connectivity index (χ0v) is 12.4. The number of amides is 2. The van der Waals surface area contributed by atoms with Crippen molar-refractivity contribution in [3.63, 3.8) is 0 Å². The van der Waals surface area contributed by atoms with Crippen LogP contribution in [0.2, 0.25) is 0 Å². The fraction of sp³-hybridized carbons (Fsp3) is 0.500. The summed E-state index contributed by atoms with van der Waals surface area (Å²) >= 11 is 0. The third-order valence-electron chi connectivity index (χ3n) is 3.89. The molecule has 9 heteroatoms.